The maximum atomic E-state index is 12.0. The molecule has 0 fully saturated rings. The topological polar surface area (TPSA) is 82.2 Å². The molecular weight excluding hydrogens is 292 g/mol. The van der Waals surface area contributed by atoms with Crippen LogP contribution >= 0.6 is 0 Å². The number of para-hydroxylation sites is 1. The van der Waals surface area contributed by atoms with Gasteiger partial charge in [0.25, 0.3) is 0 Å². The molecule has 0 aliphatic carbocycles. The second kappa shape index (κ2) is 6.36. The lowest BCUT2D eigenvalue weighted by Crippen LogP contribution is -2.12. The van der Waals surface area contributed by atoms with Gasteiger partial charge in [0.05, 0.1) is 5.56 Å². The Morgan fingerprint density at radius 1 is 1.04 bits per heavy atom. The number of hydrogen-bond acceptors (Lipinski definition) is 2. The van der Waals surface area contributed by atoms with Crippen molar-refractivity contribution in [2.45, 2.75) is 12.8 Å². The van der Waals surface area contributed by atoms with Gasteiger partial charge in [-0.05, 0) is 42.3 Å². The van der Waals surface area contributed by atoms with Gasteiger partial charge in [-0.15, -0.1) is 0 Å². The molecule has 0 saturated heterocycles. The Bertz CT molecular complexity index is 850. The summed E-state index contributed by atoms with van der Waals surface area (Å²) in [5, 5.41) is 12.8. The molecule has 1 heterocycles. The first-order valence-corrected chi connectivity index (χ1v) is 7.32. The number of hydrogen-bond donors (Lipinski definition) is 3. The molecule has 1 amide bonds. The normalized spacial score (nSPS) is 10.6. The van der Waals surface area contributed by atoms with Crippen LogP contribution in [0.5, 0.6) is 0 Å². The number of carbonyl (C=O) groups is 2. The molecule has 1 aromatic heterocycles. The molecule has 5 nitrogen and oxygen atoms in total. The zero-order chi connectivity index (χ0) is 16.2. The summed E-state index contributed by atoms with van der Waals surface area (Å²) in [6, 6.07) is 14.1. The molecule has 23 heavy (non-hydrogen) atoms. The molecule has 0 unspecified atom stereocenters. The molecule has 0 bridgehead atoms. The number of aryl methyl sites for hydroxylation is 1. The van der Waals surface area contributed by atoms with Gasteiger partial charge in [0.15, 0.2) is 0 Å². The second-order valence-corrected chi connectivity index (χ2v) is 5.29. The number of nitrogens with one attached hydrogen (secondary N) is 2. The number of aromatic nitrogens is 1. The number of benzene rings is 2. The molecule has 0 spiro atoms. The van der Waals surface area contributed by atoms with Crippen molar-refractivity contribution in [3.63, 3.8) is 0 Å². The van der Waals surface area contributed by atoms with Gasteiger partial charge in [0.2, 0.25) is 5.91 Å². The number of aromatic amines is 1. The minimum Gasteiger partial charge on any atom is -0.478 e. The number of anilines is 1. The molecule has 0 aliphatic rings. The van der Waals surface area contributed by atoms with Crippen molar-refractivity contribution >= 4 is 28.5 Å². The first-order valence-electron chi connectivity index (χ1n) is 7.32. The molecular formula is C18H16N2O3. The number of carbonyl (C=O) groups excluding carboxylic acids is 1. The molecule has 0 radical (unpaired) electrons. The molecule has 2 aromatic carbocycles. The fourth-order valence-corrected chi connectivity index (χ4v) is 2.51. The number of fused-ring (bicyclic) bond motifs is 1. The van der Waals surface area contributed by atoms with E-state index in [0.717, 1.165) is 16.5 Å². The van der Waals surface area contributed by atoms with Crippen molar-refractivity contribution in [2.75, 3.05) is 5.32 Å². The largest absolute Gasteiger partial charge is 0.478 e. The van der Waals surface area contributed by atoms with E-state index in [-0.39, 0.29) is 11.5 Å². The highest BCUT2D eigenvalue weighted by atomic mass is 16.4. The molecule has 3 aromatic rings. The van der Waals surface area contributed by atoms with Crippen molar-refractivity contribution in [2.24, 2.45) is 0 Å². The van der Waals surface area contributed by atoms with E-state index in [1.54, 1.807) is 12.1 Å². The van der Waals surface area contributed by atoms with Crippen LogP contribution in [0.15, 0.2) is 54.7 Å². The summed E-state index contributed by atoms with van der Waals surface area (Å²) in [5.41, 5.74) is 2.96. The van der Waals surface area contributed by atoms with Gasteiger partial charge in [0.1, 0.15) is 0 Å². The zero-order valence-electron chi connectivity index (χ0n) is 12.4. The fraction of sp³-hybridized carbons (Fsp3) is 0.111. The average molecular weight is 308 g/mol. The third kappa shape index (κ3) is 3.40. The summed E-state index contributed by atoms with van der Waals surface area (Å²) in [7, 11) is 0. The van der Waals surface area contributed by atoms with E-state index >= 15 is 0 Å². The summed E-state index contributed by atoms with van der Waals surface area (Å²) in [6.45, 7) is 0. The van der Waals surface area contributed by atoms with Gasteiger partial charge >= 0.3 is 5.97 Å². The molecule has 3 N–H and O–H groups in total. The Labute approximate surface area is 133 Å². The predicted octanol–water partition coefficient (Wildman–Crippen LogP) is 3.44. The maximum Gasteiger partial charge on any atom is 0.335 e. The van der Waals surface area contributed by atoms with E-state index in [1.165, 1.54) is 12.1 Å². The summed E-state index contributed by atoms with van der Waals surface area (Å²) < 4.78 is 0. The Kier molecular flexibility index (Phi) is 4.10. The fourth-order valence-electron chi connectivity index (χ4n) is 2.51. The molecule has 0 aliphatic heterocycles. The van der Waals surface area contributed by atoms with Crippen LogP contribution in [0.2, 0.25) is 0 Å². The maximum absolute atomic E-state index is 12.0. The number of carboxylic acids is 1. The van der Waals surface area contributed by atoms with Crippen LogP contribution < -0.4 is 5.32 Å². The van der Waals surface area contributed by atoms with Gasteiger partial charge in [-0.3, -0.25) is 4.79 Å². The van der Waals surface area contributed by atoms with Crippen LogP contribution in [0, 0.1) is 0 Å². The molecule has 5 heteroatoms. The van der Waals surface area contributed by atoms with Crippen LogP contribution in [0.25, 0.3) is 10.9 Å². The lowest BCUT2D eigenvalue weighted by Gasteiger charge is -2.05. The Hall–Kier alpha value is -3.08. The number of carboxylic acid groups (broad SMARTS) is 1. The van der Waals surface area contributed by atoms with Crippen LogP contribution in [0.1, 0.15) is 22.3 Å². The number of aromatic carboxylic acids is 1. The highest BCUT2D eigenvalue weighted by molar-refractivity contribution is 5.93. The second-order valence-electron chi connectivity index (χ2n) is 5.29. The van der Waals surface area contributed by atoms with Crippen LogP contribution in [-0.2, 0) is 11.2 Å². The van der Waals surface area contributed by atoms with Crippen molar-refractivity contribution in [3.8, 4) is 0 Å². The van der Waals surface area contributed by atoms with Crippen molar-refractivity contribution < 1.29 is 14.7 Å². The van der Waals surface area contributed by atoms with E-state index in [2.05, 4.69) is 10.3 Å². The van der Waals surface area contributed by atoms with Crippen LogP contribution in [0.4, 0.5) is 5.69 Å². The molecule has 116 valence electrons. The highest BCUT2D eigenvalue weighted by Crippen LogP contribution is 2.19. The minimum atomic E-state index is -0.984. The lowest BCUT2D eigenvalue weighted by molar-refractivity contribution is -0.116. The third-order valence-corrected chi connectivity index (χ3v) is 3.71. The van der Waals surface area contributed by atoms with Gasteiger partial charge in [-0.1, -0.05) is 18.2 Å². The standard InChI is InChI=1S/C18H16N2O3/c21-17(20-14-8-5-12(6-9-14)18(22)23)10-7-13-11-19-16-4-2-1-3-15(13)16/h1-6,8-9,11,19H,7,10H2,(H,20,21)(H,22,23). The van der Waals surface area contributed by atoms with Gasteiger partial charge in [-0.2, -0.15) is 0 Å². The molecule has 0 saturated carbocycles. The van der Waals surface area contributed by atoms with E-state index in [0.29, 0.717) is 18.5 Å². The monoisotopic (exact) mass is 308 g/mol. The summed E-state index contributed by atoms with van der Waals surface area (Å²) >= 11 is 0. The Morgan fingerprint density at radius 3 is 2.52 bits per heavy atom. The quantitative estimate of drug-likeness (QED) is 0.675. The van der Waals surface area contributed by atoms with Crippen molar-refractivity contribution in [3.05, 3.63) is 65.9 Å². The third-order valence-electron chi connectivity index (χ3n) is 3.71. The Balaban J connectivity index is 1.60. The highest BCUT2D eigenvalue weighted by Gasteiger charge is 2.08. The SMILES string of the molecule is O=C(CCc1c[nH]c2ccccc12)Nc1ccc(C(=O)O)cc1. The number of amides is 1. The van der Waals surface area contributed by atoms with E-state index < -0.39 is 5.97 Å². The number of rotatable bonds is 5. The van der Waals surface area contributed by atoms with Gasteiger partial charge < -0.3 is 15.4 Å². The van der Waals surface area contributed by atoms with Crippen molar-refractivity contribution in [1.29, 1.82) is 0 Å². The summed E-state index contributed by atoms with van der Waals surface area (Å²) in [5.74, 6) is -1.08. The van der Waals surface area contributed by atoms with E-state index in [4.69, 9.17) is 5.11 Å². The molecule has 0 atom stereocenters. The predicted molar refractivity (Wildman–Crippen MR) is 88.7 cm³/mol. The molecule has 3 rings (SSSR count). The number of H-pyrrole nitrogens is 1. The van der Waals surface area contributed by atoms with Gasteiger partial charge in [0, 0.05) is 29.2 Å². The van der Waals surface area contributed by atoms with E-state index in [1.807, 2.05) is 30.5 Å². The smallest absolute Gasteiger partial charge is 0.335 e. The first-order chi connectivity index (χ1) is 11.1. The Morgan fingerprint density at radius 2 is 1.78 bits per heavy atom. The van der Waals surface area contributed by atoms with Crippen LogP contribution in [0.3, 0.4) is 0 Å². The minimum absolute atomic E-state index is 0.0987. The average Bonchev–Trinajstić information content (AvgIpc) is 2.97. The lowest BCUT2D eigenvalue weighted by atomic mass is 10.1. The van der Waals surface area contributed by atoms with Crippen LogP contribution in [-0.4, -0.2) is 22.0 Å². The summed E-state index contributed by atoms with van der Waals surface area (Å²) in [4.78, 5) is 26.0. The van der Waals surface area contributed by atoms with Gasteiger partial charge in [-0.25, -0.2) is 4.79 Å². The van der Waals surface area contributed by atoms with Crippen molar-refractivity contribution in [1.82, 2.24) is 4.98 Å². The van der Waals surface area contributed by atoms with E-state index in [9.17, 15) is 9.59 Å². The first kappa shape index (κ1) is 14.8. The zero-order valence-corrected chi connectivity index (χ0v) is 12.4. The summed E-state index contributed by atoms with van der Waals surface area (Å²) in [6.07, 6.45) is 2.94.